The van der Waals surface area contributed by atoms with Crippen LogP contribution in [0.4, 0.5) is 4.39 Å². The second kappa shape index (κ2) is 7.92. The molecule has 0 radical (unpaired) electrons. The van der Waals surface area contributed by atoms with Gasteiger partial charge in [0.05, 0.1) is 18.2 Å². The fraction of sp³-hybridized carbons (Fsp3) is 0.160. The van der Waals surface area contributed by atoms with Gasteiger partial charge in [-0.2, -0.15) is 0 Å². The van der Waals surface area contributed by atoms with Crippen molar-refractivity contribution >= 4 is 17.4 Å². The number of amides is 1. The van der Waals surface area contributed by atoms with Crippen LogP contribution < -0.4 is 4.74 Å². The van der Waals surface area contributed by atoms with Crippen molar-refractivity contribution in [3.05, 3.63) is 101 Å². The Labute approximate surface area is 183 Å². The molecule has 3 aromatic rings. The van der Waals surface area contributed by atoms with Gasteiger partial charge in [-0.05, 0) is 59.2 Å². The lowest BCUT2D eigenvalue weighted by Gasteiger charge is -2.25. The van der Waals surface area contributed by atoms with Crippen molar-refractivity contribution in [2.75, 3.05) is 6.61 Å². The molecule has 32 heavy (non-hydrogen) atoms. The van der Waals surface area contributed by atoms with Crippen molar-refractivity contribution in [3.63, 3.8) is 0 Å². The average molecular weight is 430 g/mol. The summed E-state index contributed by atoms with van der Waals surface area (Å²) >= 11 is 0. The third-order valence-electron chi connectivity index (χ3n) is 5.79. The predicted octanol–water partition coefficient (Wildman–Crippen LogP) is 3.78. The third kappa shape index (κ3) is 3.41. The van der Waals surface area contributed by atoms with E-state index < -0.39 is 23.5 Å². The van der Waals surface area contributed by atoms with Crippen LogP contribution >= 0.6 is 0 Å². The summed E-state index contributed by atoms with van der Waals surface area (Å²) in [5.41, 5.74) is 2.66. The molecule has 1 atom stereocenters. The van der Waals surface area contributed by atoms with E-state index in [2.05, 4.69) is 4.98 Å². The number of Topliss-reactive ketones (excluding diaryl/α,β-unsaturated/α-hetero) is 1. The maximum absolute atomic E-state index is 13.6. The smallest absolute Gasteiger partial charge is 0.295 e. The number of aromatic nitrogens is 1. The summed E-state index contributed by atoms with van der Waals surface area (Å²) in [7, 11) is 0. The van der Waals surface area contributed by atoms with Gasteiger partial charge >= 0.3 is 0 Å². The summed E-state index contributed by atoms with van der Waals surface area (Å²) < 4.78 is 19.1. The van der Waals surface area contributed by atoms with E-state index in [-0.39, 0.29) is 17.9 Å². The van der Waals surface area contributed by atoms with Gasteiger partial charge < -0.3 is 14.7 Å². The number of nitrogens with zero attached hydrogens (tertiary/aromatic N) is 2. The van der Waals surface area contributed by atoms with Gasteiger partial charge in [-0.1, -0.05) is 12.1 Å². The minimum Gasteiger partial charge on any atom is -0.507 e. The minimum absolute atomic E-state index is 0.0190. The lowest BCUT2D eigenvalue weighted by molar-refractivity contribution is -0.140. The van der Waals surface area contributed by atoms with Gasteiger partial charge in [-0.3, -0.25) is 14.6 Å². The first-order valence-corrected chi connectivity index (χ1v) is 10.2. The van der Waals surface area contributed by atoms with Crippen molar-refractivity contribution < 1.29 is 23.8 Å². The third-order valence-corrected chi connectivity index (χ3v) is 5.79. The first-order chi connectivity index (χ1) is 15.5. The molecular formula is C25H19FN2O4. The molecule has 3 heterocycles. The summed E-state index contributed by atoms with van der Waals surface area (Å²) in [5, 5.41) is 11.2. The highest BCUT2D eigenvalue weighted by Gasteiger charge is 2.46. The van der Waals surface area contributed by atoms with Crippen LogP contribution in [0.3, 0.4) is 0 Å². The largest absolute Gasteiger partial charge is 0.507 e. The molecule has 0 saturated carbocycles. The number of likely N-dealkylation sites (tertiary alicyclic amines) is 1. The summed E-state index contributed by atoms with van der Waals surface area (Å²) in [6, 6.07) is 13.4. The van der Waals surface area contributed by atoms with Crippen LogP contribution in [0.1, 0.15) is 28.3 Å². The number of pyridine rings is 1. The van der Waals surface area contributed by atoms with Gasteiger partial charge in [0, 0.05) is 30.9 Å². The van der Waals surface area contributed by atoms with E-state index in [1.54, 1.807) is 42.7 Å². The Balaban J connectivity index is 1.64. The number of rotatable bonds is 4. The molecule has 2 aliphatic heterocycles. The van der Waals surface area contributed by atoms with E-state index in [4.69, 9.17) is 4.74 Å². The lowest BCUT2D eigenvalue weighted by atomic mass is 9.94. The van der Waals surface area contributed by atoms with Crippen LogP contribution in [-0.4, -0.2) is 33.3 Å². The highest BCUT2D eigenvalue weighted by molar-refractivity contribution is 6.46. The van der Waals surface area contributed by atoms with E-state index in [9.17, 15) is 19.1 Å². The molecule has 5 rings (SSSR count). The summed E-state index contributed by atoms with van der Waals surface area (Å²) in [5.74, 6) is -1.44. The number of carbonyl (C=O) groups excluding carboxylic acids is 2. The lowest BCUT2D eigenvalue weighted by Crippen LogP contribution is -2.29. The molecule has 1 amide bonds. The Morgan fingerprint density at radius 1 is 1.09 bits per heavy atom. The molecule has 2 aliphatic rings. The molecule has 7 heteroatoms. The van der Waals surface area contributed by atoms with Gasteiger partial charge in [-0.15, -0.1) is 0 Å². The van der Waals surface area contributed by atoms with Crippen molar-refractivity contribution in [1.82, 2.24) is 9.88 Å². The van der Waals surface area contributed by atoms with E-state index in [1.807, 2.05) is 0 Å². The van der Waals surface area contributed by atoms with Crippen molar-refractivity contribution in [1.29, 1.82) is 0 Å². The number of hydrogen-bond acceptors (Lipinski definition) is 5. The second-order valence-electron chi connectivity index (χ2n) is 7.75. The number of carbonyl (C=O) groups is 2. The van der Waals surface area contributed by atoms with Crippen molar-refractivity contribution in [3.8, 4) is 5.75 Å². The number of hydrogen-bond donors (Lipinski definition) is 1. The highest BCUT2D eigenvalue weighted by atomic mass is 19.1. The van der Waals surface area contributed by atoms with E-state index in [0.29, 0.717) is 24.2 Å². The number of ketones is 1. The van der Waals surface area contributed by atoms with Crippen molar-refractivity contribution in [2.45, 2.75) is 19.0 Å². The SMILES string of the molecule is O=C1C(=O)N(Cc2ccncc2)C(c2ccc(F)cc2)/C1=C(/O)c1ccc2c(c1)CCO2. The fourth-order valence-corrected chi connectivity index (χ4v) is 4.21. The first kappa shape index (κ1) is 19.9. The Kier molecular flexibility index (Phi) is 4.93. The molecule has 160 valence electrons. The van der Waals surface area contributed by atoms with E-state index in [1.165, 1.54) is 29.2 Å². The predicted molar refractivity (Wildman–Crippen MR) is 114 cm³/mol. The summed E-state index contributed by atoms with van der Waals surface area (Å²) in [6.45, 7) is 0.704. The molecule has 1 saturated heterocycles. The maximum Gasteiger partial charge on any atom is 0.295 e. The number of fused-ring (bicyclic) bond motifs is 1. The molecule has 1 fully saturated rings. The Morgan fingerprint density at radius 2 is 1.84 bits per heavy atom. The van der Waals surface area contributed by atoms with Crippen LogP contribution in [0.2, 0.25) is 0 Å². The molecule has 1 aromatic heterocycles. The summed E-state index contributed by atoms with van der Waals surface area (Å²) in [6.07, 6.45) is 3.91. The van der Waals surface area contributed by atoms with Crippen LogP contribution in [-0.2, 0) is 22.6 Å². The van der Waals surface area contributed by atoms with Gasteiger partial charge in [-0.25, -0.2) is 4.39 Å². The molecule has 1 N–H and O–H groups in total. The highest BCUT2D eigenvalue weighted by Crippen LogP contribution is 2.41. The number of benzene rings is 2. The monoisotopic (exact) mass is 430 g/mol. The number of halogens is 1. The first-order valence-electron chi connectivity index (χ1n) is 10.2. The molecule has 1 unspecified atom stereocenters. The van der Waals surface area contributed by atoms with Crippen molar-refractivity contribution in [2.24, 2.45) is 0 Å². The quantitative estimate of drug-likeness (QED) is 0.387. The van der Waals surface area contributed by atoms with Crippen LogP contribution in [0, 0.1) is 5.82 Å². The molecule has 0 bridgehead atoms. The molecular weight excluding hydrogens is 411 g/mol. The number of ether oxygens (including phenoxy) is 1. The Morgan fingerprint density at radius 3 is 2.59 bits per heavy atom. The van der Waals surface area contributed by atoms with Gasteiger partial charge in [0.25, 0.3) is 11.7 Å². The second-order valence-corrected chi connectivity index (χ2v) is 7.75. The topological polar surface area (TPSA) is 79.7 Å². The fourth-order valence-electron chi connectivity index (χ4n) is 4.21. The summed E-state index contributed by atoms with van der Waals surface area (Å²) in [4.78, 5) is 31.5. The Bertz CT molecular complexity index is 1240. The van der Waals surface area contributed by atoms with Gasteiger partial charge in [0.15, 0.2) is 0 Å². The zero-order chi connectivity index (χ0) is 22.2. The molecule has 0 aliphatic carbocycles. The molecule has 0 spiro atoms. The molecule has 2 aromatic carbocycles. The standard InChI is InChI=1S/C25H19FN2O4/c26-19-4-1-16(2-5-19)22-21(23(29)18-3-6-20-17(13-18)9-12-32-20)24(30)25(31)28(22)14-15-7-10-27-11-8-15/h1-8,10-11,13,22,29H,9,12,14H2/b23-21-. The normalized spacial score (nSPS) is 19.2. The van der Waals surface area contributed by atoms with E-state index in [0.717, 1.165) is 16.9 Å². The van der Waals surface area contributed by atoms with Gasteiger partial charge in [0.1, 0.15) is 17.3 Å². The Hall–Kier alpha value is -4.00. The number of aliphatic hydroxyl groups excluding tert-OH is 1. The average Bonchev–Trinajstić information content (AvgIpc) is 3.38. The minimum atomic E-state index is -0.853. The molecule has 6 nitrogen and oxygen atoms in total. The van der Waals surface area contributed by atoms with Crippen LogP contribution in [0.5, 0.6) is 5.75 Å². The van der Waals surface area contributed by atoms with Crippen LogP contribution in [0.25, 0.3) is 5.76 Å². The zero-order valence-corrected chi connectivity index (χ0v) is 17.0. The van der Waals surface area contributed by atoms with Crippen LogP contribution in [0.15, 0.2) is 72.6 Å². The van der Waals surface area contributed by atoms with Gasteiger partial charge in [0.2, 0.25) is 0 Å². The zero-order valence-electron chi connectivity index (χ0n) is 17.0. The number of aliphatic hydroxyl groups is 1. The maximum atomic E-state index is 13.6. The van der Waals surface area contributed by atoms with E-state index >= 15 is 0 Å².